The van der Waals surface area contributed by atoms with E-state index < -0.39 is 17.4 Å². The molecule has 4 nitrogen and oxygen atoms in total. The maximum atomic E-state index is 12.9. The van der Waals surface area contributed by atoms with Crippen LogP contribution >= 0.6 is 38.9 Å². The summed E-state index contributed by atoms with van der Waals surface area (Å²) in [4.78, 5) is 26.2. The molecule has 0 bridgehead atoms. The van der Waals surface area contributed by atoms with Crippen molar-refractivity contribution in [2.75, 3.05) is 7.11 Å². The van der Waals surface area contributed by atoms with Gasteiger partial charge in [-0.3, -0.25) is 4.79 Å². The molecular weight excluding hydrogens is 438 g/mol. The first kappa shape index (κ1) is 19.1. The number of halogens is 2. The van der Waals surface area contributed by atoms with Crippen LogP contribution in [0.5, 0.6) is 0 Å². The minimum Gasteiger partial charge on any atom is -0.467 e. The lowest BCUT2D eigenvalue weighted by molar-refractivity contribution is -0.149. The van der Waals surface area contributed by atoms with Gasteiger partial charge in [0.25, 0.3) is 5.91 Å². The van der Waals surface area contributed by atoms with Gasteiger partial charge in [-0.15, -0.1) is 17.9 Å². The highest BCUT2D eigenvalue weighted by Crippen LogP contribution is 2.47. The average Bonchev–Trinajstić information content (AvgIpc) is 2.99. The van der Waals surface area contributed by atoms with Crippen LogP contribution in [0.15, 0.2) is 40.7 Å². The van der Waals surface area contributed by atoms with Gasteiger partial charge in [-0.2, -0.15) is 0 Å². The van der Waals surface area contributed by atoms with E-state index in [0.29, 0.717) is 9.90 Å². The smallest absolute Gasteiger partial charge is 0.332 e. The first-order valence-corrected chi connectivity index (χ1v) is 9.90. The molecule has 0 aliphatic carbocycles. The number of methoxy groups -OCH3 is 1. The summed E-state index contributed by atoms with van der Waals surface area (Å²) < 4.78 is 5.91. The largest absolute Gasteiger partial charge is 0.467 e. The van der Waals surface area contributed by atoms with Gasteiger partial charge in [-0.1, -0.05) is 29.8 Å². The normalized spacial score (nSPS) is 21.7. The molecule has 136 valence electrons. The van der Waals surface area contributed by atoms with Gasteiger partial charge in [0.1, 0.15) is 0 Å². The quantitative estimate of drug-likeness (QED) is 0.531. The van der Waals surface area contributed by atoms with Gasteiger partial charge in [-0.25, -0.2) is 4.79 Å². The number of amides is 1. The van der Waals surface area contributed by atoms with Crippen molar-refractivity contribution in [3.63, 3.8) is 0 Å². The molecule has 1 aromatic carbocycles. The molecular formula is C19H17BrClNO3S. The number of fused-ring (bicyclic) bond motifs is 1. The number of thiophene rings is 1. The van der Waals surface area contributed by atoms with E-state index in [4.69, 9.17) is 16.3 Å². The molecule has 1 aliphatic heterocycles. The molecule has 1 aromatic heterocycles. The van der Waals surface area contributed by atoms with Crippen molar-refractivity contribution < 1.29 is 14.3 Å². The van der Waals surface area contributed by atoms with Crippen LogP contribution in [0.25, 0.3) is 0 Å². The number of hydrogen-bond acceptors (Lipinski definition) is 4. The lowest BCUT2D eigenvalue weighted by Crippen LogP contribution is -2.61. The molecule has 0 fully saturated rings. The fourth-order valence-corrected chi connectivity index (χ4v) is 5.17. The molecule has 7 heteroatoms. The summed E-state index contributed by atoms with van der Waals surface area (Å²) in [6, 6.07) is 7.53. The third-order valence-electron chi connectivity index (χ3n) is 4.61. The maximum absolute atomic E-state index is 12.9. The second kappa shape index (κ2) is 7.18. The molecule has 0 saturated carbocycles. The summed E-state index contributed by atoms with van der Waals surface area (Å²) in [5.41, 5.74) is 1.31. The lowest BCUT2D eigenvalue weighted by atomic mass is 9.70. The summed E-state index contributed by atoms with van der Waals surface area (Å²) in [6.45, 7) is 5.68. The molecule has 2 unspecified atom stereocenters. The SMILES string of the molecule is C=CCC1(C(=O)OC)NC(=O)c2sc(Br)cc2C1c1ccc(Cl)c(C)c1. The minimum atomic E-state index is -1.26. The zero-order valence-electron chi connectivity index (χ0n) is 14.3. The van der Waals surface area contributed by atoms with Crippen molar-refractivity contribution in [2.45, 2.75) is 24.8 Å². The van der Waals surface area contributed by atoms with Crippen molar-refractivity contribution in [3.05, 3.63) is 67.3 Å². The van der Waals surface area contributed by atoms with E-state index in [1.165, 1.54) is 18.4 Å². The van der Waals surface area contributed by atoms with E-state index in [0.717, 1.165) is 20.5 Å². The molecule has 2 atom stereocenters. The maximum Gasteiger partial charge on any atom is 0.332 e. The Hall–Kier alpha value is -1.63. The van der Waals surface area contributed by atoms with E-state index in [1.807, 2.05) is 25.1 Å². The summed E-state index contributed by atoms with van der Waals surface area (Å²) in [5.74, 6) is -1.21. The van der Waals surface area contributed by atoms with Crippen LogP contribution in [-0.4, -0.2) is 24.5 Å². The van der Waals surface area contributed by atoms with Crippen molar-refractivity contribution in [3.8, 4) is 0 Å². The van der Waals surface area contributed by atoms with Crippen molar-refractivity contribution in [1.82, 2.24) is 5.32 Å². The molecule has 0 spiro atoms. The number of ether oxygens (including phenoxy) is 1. The topological polar surface area (TPSA) is 55.4 Å². The van der Waals surface area contributed by atoms with Gasteiger partial charge >= 0.3 is 5.97 Å². The molecule has 2 aromatic rings. The van der Waals surface area contributed by atoms with Crippen LogP contribution in [0.3, 0.4) is 0 Å². The first-order valence-electron chi connectivity index (χ1n) is 7.91. The van der Waals surface area contributed by atoms with Crippen LogP contribution in [0.2, 0.25) is 5.02 Å². The first-order chi connectivity index (χ1) is 12.3. The summed E-state index contributed by atoms with van der Waals surface area (Å²) >= 11 is 11.0. The lowest BCUT2D eigenvalue weighted by Gasteiger charge is -2.42. The number of esters is 1. The fraction of sp³-hybridized carbons (Fsp3) is 0.263. The second-order valence-corrected chi connectivity index (χ2v) is 9.03. The zero-order chi connectivity index (χ0) is 19.1. The molecule has 3 rings (SSSR count). The third kappa shape index (κ3) is 3.00. The number of carbonyl (C=O) groups is 2. The van der Waals surface area contributed by atoms with Crippen LogP contribution < -0.4 is 5.32 Å². The number of hydrogen-bond donors (Lipinski definition) is 1. The predicted molar refractivity (Wildman–Crippen MR) is 107 cm³/mol. The Morgan fingerprint density at radius 3 is 2.85 bits per heavy atom. The number of nitrogens with one attached hydrogen (secondary N) is 1. The van der Waals surface area contributed by atoms with E-state index in [-0.39, 0.29) is 12.3 Å². The van der Waals surface area contributed by atoms with Crippen molar-refractivity contribution in [1.29, 1.82) is 0 Å². The average molecular weight is 455 g/mol. The molecule has 26 heavy (non-hydrogen) atoms. The number of carbonyl (C=O) groups excluding carboxylic acids is 2. The van der Waals surface area contributed by atoms with Gasteiger partial charge in [0.05, 0.1) is 15.8 Å². The summed E-state index contributed by atoms with van der Waals surface area (Å²) in [5, 5.41) is 3.55. The van der Waals surface area contributed by atoms with Gasteiger partial charge in [0, 0.05) is 10.9 Å². The predicted octanol–water partition coefficient (Wildman–Crippen LogP) is 4.84. The third-order valence-corrected chi connectivity index (χ3v) is 6.69. The van der Waals surface area contributed by atoms with Crippen LogP contribution in [0, 0.1) is 6.92 Å². The summed E-state index contributed by atoms with van der Waals surface area (Å²) in [6.07, 6.45) is 1.87. The fourth-order valence-electron chi connectivity index (χ4n) is 3.50. The van der Waals surface area contributed by atoms with Crippen molar-refractivity contribution in [2.24, 2.45) is 0 Å². The van der Waals surface area contributed by atoms with Gasteiger partial charge < -0.3 is 10.1 Å². The van der Waals surface area contributed by atoms with Crippen LogP contribution in [-0.2, 0) is 9.53 Å². The van der Waals surface area contributed by atoms with Crippen LogP contribution in [0.1, 0.15) is 38.7 Å². The Bertz CT molecular complexity index is 910. The Labute approximate surface area is 169 Å². The summed E-state index contributed by atoms with van der Waals surface area (Å²) in [7, 11) is 1.32. The Kier molecular flexibility index (Phi) is 5.28. The molecule has 1 amide bonds. The minimum absolute atomic E-state index is 0.241. The van der Waals surface area contributed by atoms with Gasteiger partial charge in [0.15, 0.2) is 5.54 Å². The monoisotopic (exact) mass is 453 g/mol. The molecule has 1 aliphatic rings. The highest BCUT2D eigenvalue weighted by molar-refractivity contribution is 9.11. The number of aryl methyl sites for hydroxylation is 1. The highest BCUT2D eigenvalue weighted by atomic mass is 79.9. The Morgan fingerprint density at radius 2 is 2.23 bits per heavy atom. The van der Waals surface area contributed by atoms with Gasteiger partial charge in [-0.05, 0) is 58.1 Å². The Balaban J connectivity index is 2.31. The van der Waals surface area contributed by atoms with E-state index >= 15 is 0 Å². The molecule has 0 radical (unpaired) electrons. The zero-order valence-corrected chi connectivity index (χ0v) is 17.4. The van der Waals surface area contributed by atoms with E-state index in [2.05, 4.69) is 27.8 Å². The highest BCUT2D eigenvalue weighted by Gasteiger charge is 2.53. The van der Waals surface area contributed by atoms with Gasteiger partial charge in [0.2, 0.25) is 0 Å². The van der Waals surface area contributed by atoms with Crippen molar-refractivity contribution >= 4 is 50.7 Å². The second-order valence-electron chi connectivity index (χ2n) is 6.19. The van der Waals surface area contributed by atoms with Crippen LogP contribution in [0.4, 0.5) is 0 Å². The Morgan fingerprint density at radius 1 is 1.50 bits per heavy atom. The van der Waals surface area contributed by atoms with E-state index in [1.54, 1.807) is 12.1 Å². The standard InChI is InChI=1S/C19H17BrClNO3S/c1-4-7-19(18(24)25-3)15(11-5-6-13(21)10(2)8-11)12-9-14(20)26-16(12)17(23)22-19/h4-6,8-9,15H,1,7H2,2-3H3,(H,22,23). The number of benzene rings is 1. The number of rotatable bonds is 4. The molecule has 2 heterocycles. The molecule has 0 saturated heterocycles. The molecule has 1 N–H and O–H groups in total. The van der Waals surface area contributed by atoms with E-state index in [9.17, 15) is 9.59 Å².